The first kappa shape index (κ1) is 40.5. The summed E-state index contributed by atoms with van der Waals surface area (Å²) in [5.41, 5.74) is 3.51. The van der Waals surface area contributed by atoms with Crippen molar-refractivity contribution in [1.29, 1.82) is 0 Å². The number of rotatable bonds is 25. The third kappa shape index (κ3) is 15.4. The van der Waals surface area contributed by atoms with Crippen molar-refractivity contribution in [3.05, 3.63) is 31.1 Å². The van der Waals surface area contributed by atoms with Gasteiger partial charge in [0.05, 0.1) is 0 Å². The Morgan fingerprint density at radius 3 is 1.42 bits per heavy atom. The van der Waals surface area contributed by atoms with E-state index >= 15 is 0 Å². The van der Waals surface area contributed by atoms with E-state index in [9.17, 15) is 0 Å². The van der Waals surface area contributed by atoms with Crippen LogP contribution in [0, 0.1) is 0 Å². The summed E-state index contributed by atoms with van der Waals surface area (Å²) in [5, 5.41) is 0. The monoisotopic (exact) mass is 860 g/mol. The van der Waals surface area contributed by atoms with Crippen molar-refractivity contribution in [1.82, 2.24) is 0 Å². The molecule has 0 fully saturated rings. The molecule has 0 N–H and O–H groups in total. The van der Waals surface area contributed by atoms with E-state index in [-0.39, 0.29) is 0 Å². The van der Waals surface area contributed by atoms with Gasteiger partial charge >= 0.3 is 251 Å². The van der Waals surface area contributed by atoms with Crippen LogP contribution >= 0.6 is 21.2 Å². The summed E-state index contributed by atoms with van der Waals surface area (Å²) in [6.45, 7) is 4.64. The number of hydrogen-bond donors (Lipinski definition) is 0. The maximum atomic E-state index is 2.78. The number of aryl methyl sites for hydroxylation is 1. The van der Waals surface area contributed by atoms with Crippen LogP contribution in [-0.2, 0) is 6.42 Å². The molecule has 0 bridgehead atoms. The first-order chi connectivity index (χ1) is 20.5. The van der Waals surface area contributed by atoms with E-state index in [0.29, 0.717) is 9.89 Å². The van der Waals surface area contributed by atoms with Crippen LogP contribution in [-0.4, -0.2) is 45.7 Å². The van der Waals surface area contributed by atoms with Crippen molar-refractivity contribution >= 4 is 74.7 Å². The fourth-order valence-corrected chi connectivity index (χ4v) is 34.6. The van der Waals surface area contributed by atoms with E-state index in [4.69, 9.17) is 0 Å². The zero-order valence-corrected chi connectivity index (χ0v) is 39.0. The van der Waals surface area contributed by atoms with E-state index in [1.807, 2.05) is 10.7 Å². The number of allylic oxidation sites excluding steroid dienone is 2. The fourth-order valence-electron chi connectivity index (χ4n) is 6.37. The summed E-state index contributed by atoms with van der Waals surface area (Å²) in [6.07, 6.45) is 34.0. The molecule has 0 amide bonds. The van der Waals surface area contributed by atoms with Gasteiger partial charge in [-0.05, 0) is 0 Å². The Hall–Kier alpha value is 1.34. The second-order valence-corrected chi connectivity index (χ2v) is 50.8. The number of hydrogen-bond acceptors (Lipinski definition) is 1. The molecule has 1 aromatic rings. The predicted octanol–water partition coefficient (Wildman–Crippen LogP) is 13.4. The van der Waals surface area contributed by atoms with Gasteiger partial charge in [-0.2, -0.15) is 0 Å². The molecule has 0 spiro atoms. The summed E-state index contributed by atoms with van der Waals surface area (Å²) in [6, 6.07) is 2.73. The normalized spacial score (nSPS) is 16.0. The third-order valence-corrected chi connectivity index (χ3v) is 36.7. The topological polar surface area (TPSA) is 0 Å². The molecule has 248 valence electrons. The average Bonchev–Trinajstić information content (AvgIpc) is 3.51. The van der Waals surface area contributed by atoms with Gasteiger partial charge in [-0.25, -0.2) is 0 Å². The average molecular weight is 859 g/mol. The molecule has 2 heterocycles. The van der Waals surface area contributed by atoms with Crippen molar-refractivity contribution in [2.24, 2.45) is 0 Å². The van der Waals surface area contributed by atoms with E-state index < -0.39 is 36.8 Å². The Balaban J connectivity index is 2.06. The SMILES string of the molecule is CCCCCCCCCCCCC1=C(c2s[c]([Sn]([CH3])([CH3])[CH3])cc2CCCCCCCCCCCC)S(=[SiH2])[C]([Sn]([CH3])([CH3])[CH3])=C1. The van der Waals surface area contributed by atoms with Crippen molar-refractivity contribution in [3.8, 4) is 0 Å². The van der Waals surface area contributed by atoms with Crippen LogP contribution in [0.5, 0.6) is 0 Å². The maximum absolute atomic E-state index is 2.78. The Bertz CT molecular complexity index is 1010. The molecule has 43 heavy (non-hydrogen) atoms. The van der Waals surface area contributed by atoms with Crippen molar-refractivity contribution < 1.29 is 0 Å². The second kappa shape index (κ2) is 22.1. The van der Waals surface area contributed by atoms with Gasteiger partial charge < -0.3 is 0 Å². The molecule has 0 saturated carbocycles. The van der Waals surface area contributed by atoms with Crippen LogP contribution in [0.3, 0.4) is 0 Å². The van der Waals surface area contributed by atoms with E-state index in [1.54, 1.807) is 16.0 Å². The van der Waals surface area contributed by atoms with Crippen molar-refractivity contribution in [3.63, 3.8) is 0 Å². The molecule has 1 aromatic heterocycles. The molecule has 1 aliphatic rings. The minimum absolute atomic E-state index is 0.343. The zero-order valence-electron chi connectivity index (χ0n) is 30.2. The summed E-state index contributed by atoms with van der Waals surface area (Å²) >= 11 is -2.01. The summed E-state index contributed by atoms with van der Waals surface area (Å²) in [7, 11) is 2.69. The van der Waals surface area contributed by atoms with E-state index in [1.165, 1.54) is 141 Å². The van der Waals surface area contributed by atoms with Gasteiger partial charge in [0.2, 0.25) is 0 Å². The van der Waals surface area contributed by atoms with Crippen LogP contribution in [0.25, 0.3) is 4.91 Å². The molecule has 0 aromatic carbocycles. The summed E-state index contributed by atoms with van der Waals surface area (Å²) < 4.78 is 3.73. The minimum atomic E-state index is -2.14. The van der Waals surface area contributed by atoms with E-state index in [2.05, 4.69) is 75.9 Å². The Morgan fingerprint density at radius 2 is 1.00 bits per heavy atom. The van der Waals surface area contributed by atoms with Gasteiger partial charge in [0.1, 0.15) is 0 Å². The first-order valence-electron chi connectivity index (χ1n) is 18.6. The molecular formula is C38H72S2SiSn2. The zero-order chi connectivity index (χ0) is 31.7. The first-order valence-corrected chi connectivity index (χ1v) is 42.6. The quantitative estimate of drug-likeness (QED) is 0.0679. The molecule has 5 heteroatoms. The Kier molecular flexibility index (Phi) is 20.8. The standard InChI is InChI=1S/C32H54S2Si.6CH3.2Sn/c1-3-5-7-9-11-13-15-17-19-21-23-29-25-27-33-31(29)32-30(26-28-34(32)35)24-22-20-18-16-14-12-10-8-6-4-2;;;;;;;;/h25-26H,3-24,35H2,1-2H3;6*1H3;;. The fraction of sp³-hybridized carbons (Fsp3) is 0.789. The molecule has 1 aliphatic heterocycles. The van der Waals surface area contributed by atoms with Crippen LogP contribution in [0.2, 0.25) is 29.6 Å². The molecule has 0 nitrogen and oxygen atoms in total. The van der Waals surface area contributed by atoms with Gasteiger partial charge in [-0.15, -0.1) is 0 Å². The van der Waals surface area contributed by atoms with Gasteiger partial charge in [0, 0.05) is 0 Å². The Morgan fingerprint density at radius 1 is 0.581 bits per heavy atom. The molecular weight excluding hydrogens is 786 g/mol. The molecule has 1 atom stereocenters. The number of unbranched alkanes of at least 4 members (excludes halogenated alkanes) is 18. The van der Waals surface area contributed by atoms with Gasteiger partial charge in [-0.1, -0.05) is 39.5 Å². The summed E-state index contributed by atoms with van der Waals surface area (Å²) in [5.74, 6) is 0. The van der Waals surface area contributed by atoms with Gasteiger partial charge in [-0.3, -0.25) is 0 Å². The van der Waals surface area contributed by atoms with Crippen LogP contribution < -0.4 is 2.89 Å². The molecule has 0 aliphatic carbocycles. The Labute approximate surface area is 287 Å². The number of thiophene rings is 1. The molecule has 2 rings (SSSR count). The van der Waals surface area contributed by atoms with Gasteiger partial charge in [0.15, 0.2) is 0 Å². The second-order valence-electron chi connectivity index (χ2n) is 15.6. The van der Waals surface area contributed by atoms with Crippen LogP contribution in [0.15, 0.2) is 20.6 Å². The summed E-state index contributed by atoms with van der Waals surface area (Å²) in [4.78, 5) is 19.4. The van der Waals surface area contributed by atoms with Crippen molar-refractivity contribution in [2.75, 3.05) is 0 Å². The van der Waals surface area contributed by atoms with Gasteiger partial charge in [0.25, 0.3) is 0 Å². The molecule has 0 saturated heterocycles. The molecule has 0 radical (unpaired) electrons. The van der Waals surface area contributed by atoms with Crippen molar-refractivity contribution in [2.45, 2.75) is 185 Å². The van der Waals surface area contributed by atoms with E-state index in [0.717, 1.165) is 0 Å². The molecule has 1 unspecified atom stereocenters. The van der Waals surface area contributed by atoms with Crippen LogP contribution in [0.1, 0.15) is 159 Å². The predicted molar refractivity (Wildman–Crippen MR) is 214 cm³/mol. The third-order valence-electron chi connectivity index (χ3n) is 9.20. The van der Waals surface area contributed by atoms with Crippen LogP contribution in [0.4, 0.5) is 0 Å².